The number of hydrogen-bond donors (Lipinski definition) is 0. The van der Waals surface area contributed by atoms with Crippen molar-refractivity contribution in [1.29, 1.82) is 0 Å². The first-order valence-corrected chi connectivity index (χ1v) is 8.13. The summed E-state index contributed by atoms with van der Waals surface area (Å²) in [4.78, 5) is 21.9. The SMILES string of the molecule is COc1ccc(Br)c(C(=O)N2CC[C@H](Oc3ncc(F)cn3)C2)c1. The van der Waals surface area contributed by atoms with Crippen molar-refractivity contribution in [1.82, 2.24) is 14.9 Å². The Morgan fingerprint density at radius 3 is 2.83 bits per heavy atom. The predicted molar refractivity (Wildman–Crippen MR) is 87.6 cm³/mol. The fraction of sp³-hybridized carbons (Fsp3) is 0.312. The zero-order chi connectivity index (χ0) is 17.1. The summed E-state index contributed by atoms with van der Waals surface area (Å²) in [6.45, 7) is 0.984. The first kappa shape index (κ1) is 16.6. The number of nitrogens with zero attached hydrogens (tertiary/aromatic N) is 3. The van der Waals surface area contributed by atoms with E-state index in [1.165, 1.54) is 0 Å². The summed E-state index contributed by atoms with van der Waals surface area (Å²) in [6, 6.07) is 5.37. The number of hydrogen-bond acceptors (Lipinski definition) is 5. The zero-order valence-electron chi connectivity index (χ0n) is 12.9. The van der Waals surface area contributed by atoms with Crippen LogP contribution in [0.4, 0.5) is 4.39 Å². The van der Waals surface area contributed by atoms with E-state index in [1.807, 2.05) is 0 Å². The maximum absolute atomic E-state index is 12.8. The second kappa shape index (κ2) is 7.12. The summed E-state index contributed by atoms with van der Waals surface area (Å²) in [7, 11) is 1.56. The van der Waals surface area contributed by atoms with Crippen molar-refractivity contribution in [3.8, 4) is 11.8 Å². The minimum absolute atomic E-state index is 0.105. The van der Waals surface area contributed by atoms with Crippen LogP contribution in [-0.2, 0) is 0 Å². The van der Waals surface area contributed by atoms with Gasteiger partial charge in [-0.3, -0.25) is 4.79 Å². The third kappa shape index (κ3) is 3.64. The van der Waals surface area contributed by atoms with Crippen LogP contribution in [0, 0.1) is 5.82 Å². The van der Waals surface area contributed by atoms with Crippen LogP contribution in [-0.4, -0.2) is 47.1 Å². The highest BCUT2D eigenvalue weighted by molar-refractivity contribution is 9.10. The fourth-order valence-electron chi connectivity index (χ4n) is 2.48. The van der Waals surface area contributed by atoms with E-state index in [1.54, 1.807) is 30.2 Å². The van der Waals surface area contributed by atoms with Gasteiger partial charge in [0.2, 0.25) is 0 Å². The summed E-state index contributed by atoms with van der Waals surface area (Å²) in [6.07, 6.45) is 2.54. The predicted octanol–water partition coefficient (Wildman–Crippen LogP) is 2.68. The molecule has 1 fully saturated rings. The van der Waals surface area contributed by atoms with Gasteiger partial charge in [0.15, 0.2) is 5.82 Å². The number of amides is 1. The van der Waals surface area contributed by atoms with E-state index >= 15 is 0 Å². The molecule has 0 N–H and O–H groups in total. The van der Waals surface area contributed by atoms with Crippen molar-refractivity contribution in [2.24, 2.45) is 0 Å². The number of aromatic nitrogens is 2. The number of likely N-dealkylation sites (tertiary alicyclic amines) is 1. The maximum Gasteiger partial charge on any atom is 0.316 e. The molecule has 1 aliphatic heterocycles. The lowest BCUT2D eigenvalue weighted by Gasteiger charge is -2.18. The van der Waals surface area contributed by atoms with Gasteiger partial charge in [-0.2, -0.15) is 0 Å². The van der Waals surface area contributed by atoms with Crippen LogP contribution in [0.15, 0.2) is 35.1 Å². The first-order chi connectivity index (χ1) is 11.6. The normalized spacial score (nSPS) is 17.0. The van der Waals surface area contributed by atoms with Gasteiger partial charge in [0.25, 0.3) is 5.91 Å². The third-order valence-corrected chi connectivity index (χ3v) is 4.40. The molecule has 1 aromatic heterocycles. The van der Waals surface area contributed by atoms with E-state index in [0.717, 1.165) is 12.4 Å². The molecular weight excluding hydrogens is 381 g/mol. The van der Waals surface area contributed by atoms with Gasteiger partial charge in [0.05, 0.1) is 31.6 Å². The molecule has 2 aromatic rings. The molecule has 126 valence electrons. The monoisotopic (exact) mass is 395 g/mol. The second-order valence-electron chi connectivity index (χ2n) is 5.31. The Bertz CT molecular complexity index is 742. The molecular formula is C16H15BrFN3O3. The Labute approximate surface area is 146 Å². The Kier molecular flexibility index (Phi) is 4.94. The highest BCUT2D eigenvalue weighted by atomic mass is 79.9. The van der Waals surface area contributed by atoms with E-state index in [-0.39, 0.29) is 18.0 Å². The molecule has 24 heavy (non-hydrogen) atoms. The second-order valence-corrected chi connectivity index (χ2v) is 6.16. The molecule has 0 aliphatic carbocycles. The summed E-state index contributed by atoms with van der Waals surface area (Å²) in [5.41, 5.74) is 0.535. The van der Waals surface area contributed by atoms with E-state index in [2.05, 4.69) is 25.9 Å². The smallest absolute Gasteiger partial charge is 0.316 e. The van der Waals surface area contributed by atoms with Gasteiger partial charge in [-0.15, -0.1) is 0 Å². The molecule has 0 bridgehead atoms. The van der Waals surface area contributed by atoms with Gasteiger partial charge in [0, 0.05) is 17.4 Å². The van der Waals surface area contributed by atoms with E-state index in [4.69, 9.17) is 9.47 Å². The molecule has 0 radical (unpaired) electrons. The van der Waals surface area contributed by atoms with Crippen molar-refractivity contribution in [2.75, 3.05) is 20.2 Å². The topological polar surface area (TPSA) is 64.5 Å². The van der Waals surface area contributed by atoms with Crippen molar-refractivity contribution < 1.29 is 18.7 Å². The molecule has 2 heterocycles. The Hall–Kier alpha value is -2.22. The summed E-state index contributed by atoms with van der Waals surface area (Å²) in [5.74, 6) is -0.00592. The zero-order valence-corrected chi connectivity index (χ0v) is 14.5. The van der Waals surface area contributed by atoms with Crippen molar-refractivity contribution in [3.05, 3.63) is 46.4 Å². The van der Waals surface area contributed by atoms with Gasteiger partial charge in [-0.25, -0.2) is 14.4 Å². The molecule has 0 saturated carbocycles. The van der Waals surface area contributed by atoms with E-state index < -0.39 is 5.82 Å². The minimum Gasteiger partial charge on any atom is -0.497 e. The van der Waals surface area contributed by atoms with E-state index in [9.17, 15) is 9.18 Å². The number of carbonyl (C=O) groups excluding carboxylic acids is 1. The highest BCUT2D eigenvalue weighted by Crippen LogP contribution is 2.25. The van der Waals surface area contributed by atoms with Crippen LogP contribution in [0.2, 0.25) is 0 Å². The lowest BCUT2D eigenvalue weighted by atomic mass is 10.2. The third-order valence-electron chi connectivity index (χ3n) is 3.70. The Morgan fingerprint density at radius 1 is 1.38 bits per heavy atom. The van der Waals surface area contributed by atoms with Crippen LogP contribution in [0.3, 0.4) is 0 Å². The van der Waals surface area contributed by atoms with Gasteiger partial charge in [-0.1, -0.05) is 0 Å². The van der Waals surface area contributed by atoms with Crippen LogP contribution < -0.4 is 9.47 Å². The molecule has 1 aliphatic rings. The molecule has 0 unspecified atom stereocenters. The standard InChI is InChI=1S/C16H15BrFN3O3/c1-23-11-2-3-14(17)13(6-11)15(22)21-5-4-12(9-21)24-16-19-7-10(18)8-20-16/h2-3,6-8,12H,4-5,9H2,1H3/t12-/m0/s1. The summed E-state index contributed by atoms with van der Waals surface area (Å²) in [5, 5.41) is 0. The number of carbonyl (C=O) groups is 1. The number of methoxy groups -OCH3 is 1. The maximum atomic E-state index is 12.8. The lowest BCUT2D eigenvalue weighted by Crippen LogP contribution is -2.31. The molecule has 0 spiro atoms. The molecule has 1 saturated heterocycles. The van der Waals surface area contributed by atoms with Crippen LogP contribution in [0.1, 0.15) is 16.8 Å². The molecule has 8 heteroatoms. The Morgan fingerprint density at radius 2 is 2.12 bits per heavy atom. The van der Waals surface area contributed by atoms with Crippen molar-refractivity contribution >= 4 is 21.8 Å². The van der Waals surface area contributed by atoms with Crippen LogP contribution >= 0.6 is 15.9 Å². The minimum atomic E-state index is -0.520. The fourth-order valence-corrected chi connectivity index (χ4v) is 2.90. The lowest BCUT2D eigenvalue weighted by molar-refractivity contribution is 0.0768. The quantitative estimate of drug-likeness (QED) is 0.795. The van der Waals surface area contributed by atoms with Gasteiger partial charge < -0.3 is 14.4 Å². The van der Waals surface area contributed by atoms with E-state index in [0.29, 0.717) is 35.3 Å². The number of rotatable bonds is 4. The average molecular weight is 396 g/mol. The average Bonchev–Trinajstić information content (AvgIpc) is 3.05. The summed E-state index contributed by atoms with van der Waals surface area (Å²) >= 11 is 3.39. The van der Waals surface area contributed by atoms with Crippen molar-refractivity contribution in [2.45, 2.75) is 12.5 Å². The molecule has 3 rings (SSSR count). The van der Waals surface area contributed by atoms with Crippen molar-refractivity contribution in [3.63, 3.8) is 0 Å². The molecule has 1 aromatic carbocycles. The molecule has 1 atom stereocenters. The van der Waals surface area contributed by atoms with Crippen LogP contribution in [0.5, 0.6) is 11.8 Å². The largest absolute Gasteiger partial charge is 0.497 e. The molecule has 6 nitrogen and oxygen atoms in total. The number of ether oxygens (including phenoxy) is 2. The van der Waals surface area contributed by atoms with Gasteiger partial charge in [-0.05, 0) is 34.1 Å². The molecule has 1 amide bonds. The van der Waals surface area contributed by atoms with Crippen LogP contribution in [0.25, 0.3) is 0 Å². The first-order valence-electron chi connectivity index (χ1n) is 7.34. The Balaban J connectivity index is 1.66. The highest BCUT2D eigenvalue weighted by Gasteiger charge is 2.29. The summed E-state index contributed by atoms with van der Waals surface area (Å²) < 4.78 is 24.3. The number of halogens is 2. The van der Waals surface area contributed by atoms with Gasteiger partial charge in [0.1, 0.15) is 11.9 Å². The number of benzene rings is 1. The van der Waals surface area contributed by atoms with Gasteiger partial charge >= 0.3 is 6.01 Å².